The van der Waals surface area contributed by atoms with Crippen LogP contribution in [0.4, 0.5) is 13.2 Å². The second-order valence-electron chi connectivity index (χ2n) is 3.53. The number of aromatic nitrogens is 2. The average Bonchev–Trinajstić information content (AvgIpc) is 2.38. The van der Waals surface area contributed by atoms with Crippen LogP contribution in [0.25, 0.3) is 0 Å². The molecular formula is C12H7F3N2O. The molecule has 1 aromatic heterocycles. The van der Waals surface area contributed by atoms with Crippen LogP contribution >= 0.6 is 0 Å². The van der Waals surface area contributed by atoms with E-state index in [4.69, 9.17) is 0 Å². The van der Waals surface area contributed by atoms with Gasteiger partial charge in [0.15, 0.2) is 5.78 Å². The van der Waals surface area contributed by atoms with Gasteiger partial charge in [-0.25, -0.2) is 9.97 Å². The van der Waals surface area contributed by atoms with Crippen molar-refractivity contribution in [2.45, 2.75) is 6.18 Å². The predicted molar refractivity (Wildman–Crippen MR) is 56.9 cm³/mol. The maximum absolute atomic E-state index is 12.5. The van der Waals surface area contributed by atoms with Crippen LogP contribution in [0.3, 0.4) is 0 Å². The highest BCUT2D eigenvalue weighted by molar-refractivity contribution is 6.08. The number of ketones is 1. The number of carbonyl (C=O) groups excluding carboxylic acids is 1. The first kappa shape index (κ1) is 12.2. The van der Waals surface area contributed by atoms with Crippen molar-refractivity contribution in [2.24, 2.45) is 0 Å². The molecule has 18 heavy (non-hydrogen) atoms. The van der Waals surface area contributed by atoms with E-state index < -0.39 is 17.5 Å². The zero-order valence-electron chi connectivity index (χ0n) is 8.98. The molecule has 0 saturated heterocycles. The van der Waals surface area contributed by atoms with Gasteiger partial charge in [0.05, 0.1) is 11.1 Å². The maximum Gasteiger partial charge on any atom is 0.416 e. The fourth-order valence-electron chi connectivity index (χ4n) is 1.42. The zero-order valence-corrected chi connectivity index (χ0v) is 8.98. The van der Waals surface area contributed by atoms with E-state index in [1.54, 1.807) is 0 Å². The van der Waals surface area contributed by atoms with E-state index in [9.17, 15) is 18.0 Å². The molecule has 0 N–H and O–H groups in total. The smallest absolute Gasteiger partial charge is 0.288 e. The third kappa shape index (κ3) is 2.53. The molecule has 0 aliphatic heterocycles. The molecule has 2 aromatic rings. The summed E-state index contributed by atoms with van der Waals surface area (Å²) in [4.78, 5) is 19.2. The van der Waals surface area contributed by atoms with Gasteiger partial charge in [0.1, 0.15) is 6.33 Å². The Kier molecular flexibility index (Phi) is 3.10. The van der Waals surface area contributed by atoms with Gasteiger partial charge in [-0.1, -0.05) is 12.1 Å². The predicted octanol–water partition coefficient (Wildman–Crippen LogP) is 2.73. The Labute approximate surface area is 100 Å². The van der Waals surface area contributed by atoms with Crippen LogP contribution in [0.1, 0.15) is 21.5 Å². The molecule has 2 rings (SSSR count). The maximum atomic E-state index is 12.5. The Balaban J connectivity index is 2.38. The van der Waals surface area contributed by atoms with Gasteiger partial charge in [0.25, 0.3) is 0 Å². The van der Waals surface area contributed by atoms with Gasteiger partial charge in [-0.05, 0) is 12.1 Å². The van der Waals surface area contributed by atoms with Gasteiger partial charge in [-0.3, -0.25) is 4.79 Å². The first-order valence-corrected chi connectivity index (χ1v) is 4.95. The summed E-state index contributed by atoms with van der Waals surface area (Å²) >= 11 is 0. The Morgan fingerprint density at radius 2 is 1.72 bits per heavy atom. The highest BCUT2D eigenvalue weighted by atomic mass is 19.4. The number of hydrogen-bond acceptors (Lipinski definition) is 3. The van der Waals surface area contributed by atoms with Crippen molar-refractivity contribution in [1.82, 2.24) is 9.97 Å². The molecule has 0 radical (unpaired) electrons. The van der Waals surface area contributed by atoms with E-state index in [0.29, 0.717) is 0 Å². The molecule has 0 unspecified atom stereocenters. The summed E-state index contributed by atoms with van der Waals surface area (Å²) in [5, 5.41) is 0. The second-order valence-corrected chi connectivity index (χ2v) is 3.53. The van der Waals surface area contributed by atoms with Crippen LogP contribution in [-0.4, -0.2) is 15.8 Å². The summed E-state index contributed by atoms with van der Waals surface area (Å²) in [6.45, 7) is 0. The summed E-state index contributed by atoms with van der Waals surface area (Å²) in [7, 11) is 0. The van der Waals surface area contributed by atoms with Gasteiger partial charge in [0, 0.05) is 18.0 Å². The van der Waals surface area contributed by atoms with E-state index in [1.807, 2.05) is 0 Å². The number of halogens is 3. The van der Waals surface area contributed by atoms with Crippen molar-refractivity contribution in [3.63, 3.8) is 0 Å². The summed E-state index contributed by atoms with van der Waals surface area (Å²) in [6.07, 6.45) is -0.711. The van der Waals surface area contributed by atoms with Gasteiger partial charge in [-0.2, -0.15) is 13.2 Å². The third-order valence-electron chi connectivity index (χ3n) is 2.27. The number of benzene rings is 1. The number of carbonyl (C=O) groups is 1. The topological polar surface area (TPSA) is 42.9 Å². The number of nitrogens with zero attached hydrogens (tertiary/aromatic N) is 2. The lowest BCUT2D eigenvalue weighted by Crippen LogP contribution is -2.08. The van der Waals surface area contributed by atoms with E-state index in [-0.39, 0.29) is 11.1 Å². The lowest BCUT2D eigenvalue weighted by molar-refractivity contribution is -0.137. The van der Waals surface area contributed by atoms with Crippen molar-refractivity contribution in [1.29, 1.82) is 0 Å². The van der Waals surface area contributed by atoms with Crippen LogP contribution in [0.2, 0.25) is 0 Å². The van der Waals surface area contributed by atoms with Crippen molar-refractivity contribution >= 4 is 5.78 Å². The molecule has 92 valence electrons. The monoisotopic (exact) mass is 252 g/mol. The zero-order chi connectivity index (χ0) is 13.2. The normalized spacial score (nSPS) is 11.3. The molecule has 6 heteroatoms. The summed E-state index contributed by atoms with van der Waals surface area (Å²) in [6, 6.07) is 4.25. The Morgan fingerprint density at radius 1 is 1.06 bits per heavy atom. The fourth-order valence-corrected chi connectivity index (χ4v) is 1.42. The van der Waals surface area contributed by atoms with Crippen molar-refractivity contribution < 1.29 is 18.0 Å². The van der Waals surface area contributed by atoms with Crippen LogP contribution in [0.5, 0.6) is 0 Å². The first-order valence-electron chi connectivity index (χ1n) is 4.95. The average molecular weight is 252 g/mol. The Morgan fingerprint density at radius 3 is 2.33 bits per heavy atom. The van der Waals surface area contributed by atoms with Crippen LogP contribution in [-0.2, 0) is 6.18 Å². The van der Waals surface area contributed by atoms with Crippen LogP contribution < -0.4 is 0 Å². The number of hydrogen-bond donors (Lipinski definition) is 0. The molecule has 1 aromatic carbocycles. The lowest BCUT2D eigenvalue weighted by atomic mass is 10.0. The van der Waals surface area contributed by atoms with Gasteiger partial charge >= 0.3 is 6.18 Å². The number of rotatable bonds is 2. The third-order valence-corrected chi connectivity index (χ3v) is 2.27. The largest absolute Gasteiger partial charge is 0.416 e. The first-order chi connectivity index (χ1) is 8.48. The van der Waals surface area contributed by atoms with Crippen molar-refractivity contribution in [3.05, 3.63) is 59.7 Å². The van der Waals surface area contributed by atoms with Crippen molar-refractivity contribution in [3.8, 4) is 0 Å². The minimum Gasteiger partial charge on any atom is -0.288 e. The van der Waals surface area contributed by atoms with Gasteiger partial charge in [0.2, 0.25) is 0 Å². The molecule has 0 saturated carbocycles. The van der Waals surface area contributed by atoms with E-state index in [1.165, 1.54) is 30.9 Å². The quantitative estimate of drug-likeness (QED) is 0.772. The van der Waals surface area contributed by atoms with Crippen LogP contribution in [0.15, 0.2) is 43.0 Å². The highest BCUT2D eigenvalue weighted by Gasteiger charge is 2.30. The summed E-state index contributed by atoms with van der Waals surface area (Å²) in [5.74, 6) is -0.540. The second kappa shape index (κ2) is 4.56. The Bertz CT molecular complexity index is 567. The Hall–Kier alpha value is -2.24. The SMILES string of the molecule is O=C(c1cncnc1)c1cccc(C(F)(F)F)c1. The van der Waals surface area contributed by atoms with E-state index in [0.717, 1.165) is 12.1 Å². The molecule has 0 amide bonds. The van der Waals surface area contributed by atoms with E-state index in [2.05, 4.69) is 9.97 Å². The highest BCUT2D eigenvalue weighted by Crippen LogP contribution is 2.29. The van der Waals surface area contributed by atoms with Gasteiger partial charge in [-0.15, -0.1) is 0 Å². The molecule has 0 spiro atoms. The lowest BCUT2D eigenvalue weighted by Gasteiger charge is -2.07. The molecule has 3 nitrogen and oxygen atoms in total. The molecule has 0 aliphatic rings. The summed E-state index contributed by atoms with van der Waals surface area (Å²) < 4.78 is 37.5. The fraction of sp³-hybridized carbons (Fsp3) is 0.0833. The van der Waals surface area contributed by atoms with Crippen LogP contribution in [0, 0.1) is 0 Å². The molecule has 0 aliphatic carbocycles. The van der Waals surface area contributed by atoms with Gasteiger partial charge < -0.3 is 0 Å². The molecule has 0 bridgehead atoms. The van der Waals surface area contributed by atoms with Crippen molar-refractivity contribution in [2.75, 3.05) is 0 Å². The molecule has 0 fully saturated rings. The number of alkyl halides is 3. The molecular weight excluding hydrogens is 245 g/mol. The standard InChI is InChI=1S/C12H7F3N2O/c13-12(14,15)10-3-1-2-8(4-10)11(18)9-5-16-7-17-6-9/h1-7H. The minimum atomic E-state index is -4.47. The van der Waals surface area contributed by atoms with E-state index >= 15 is 0 Å². The summed E-state index contributed by atoms with van der Waals surface area (Å²) in [5.41, 5.74) is -0.748. The molecule has 1 heterocycles. The minimum absolute atomic E-state index is 0.0420. The molecule has 0 atom stereocenters.